The number of rotatable bonds is 1. The van der Waals surface area contributed by atoms with Gasteiger partial charge in [-0.1, -0.05) is 49.1 Å². The van der Waals surface area contributed by atoms with Crippen molar-refractivity contribution < 1.29 is 0 Å². The van der Waals surface area contributed by atoms with E-state index in [1.807, 2.05) is 0 Å². The van der Waals surface area contributed by atoms with Crippen LogP contribution in [0.3, 0.4) is 0 Å². The average Bonchev–Trinajstić information content (AvgIpc) is 2.83. The summed E-state index contributed by atoms with van der Waals surface area (Å²) >= 11 is 0. The maximum atomic E-state index is 4.10. The molecule has 0 bridgehead atoms. The number of benzene rings is 1. The van der Waals surface area contributed by atoms with Crippen LogP contribution >= 0.6 is 0 Å². The summed E-state index contributed by atoms with van der Waals surface area (Å²) in [6.45, 7) is 4.10. The molecular weight excluding hydrogens is 180 g/mol. The van der Waals surface area contributed by atoms with Crippen molar-refractivity contribution in [3.8, 4) is 0 Å². The van der Waals surface area contributed by atoms with E-state index in [-0.39, 0.29) is 0 Å². The molecule has 0 heteroatoms. The first-order valence-electron chi connectivity index (χ1n) is 5.51. The van der Waals surface area contributed by atoms with Gasteiger partial charge in [0.1, 0.15) is 0 Å². The van der Waals surface area contributed by atoms with E-state index in [0.717, 1.165) is 0 Å². The molecule has 0 amide bonds. The van der Waals surface area contributed by atoms with E-state index in [1.54, 1.807) is 0 Å². The molecule has 0 saturated heterocycles. The zero-order valence-corrected chi connectivity index (χ0v) is 8.74. The third-order valence-electron chi connectivity index (χ3n) is 3.45. The van der Waals surface area contributed by atoms with Gasteiger partial charge in [0.2, 0.25) is 0 Å². The highest BCUT2D eigenvalue weighted by atomic mass is 14.3. The smallest absolute Gasteiger partial charge is 0.0101 e. The zero-order valence-electron chi connectivity index (χ0n) is 8.74. The van der Waals surface area contributed by atoms with E-state index in [4.69, 9.17) is 0 Å². The lowest BCUT2D eigenvalue weighted by Crippen LogP contribution is -1.97. The number of hydrogen-bond acceptors (Lipinski definition) is 0. The van der Waals surface area contributed by atoms with Gasteiger partial charge in [0.05, 0.1) is 0 Å². The van der Waals surface area contributed by atoms with Gasteiger partial charge in [-0.3, -0.25) is 0 Å². The van der Waals surface area contributed by atoms with Gasteiger partial charge in [-0.15, -0.1) is 0 Å². The van der Waals surface area contributed by atoms with Gasteiger partial charge in [0.25, 0.3) is 0 Å². The van der Waals surface area contributed by atoms with Crippen LogP contribution in [0.5, 0.6) is 0 Å². The molecule has 3 rings (SSSR count). The number of allylic oxidation sites excluding steroid dienone is 5. The van der Waals surface area contributed by atoms with Crippen molar-refractivity contribution >= 4 is 0 Å². The highest BCUT2D eigenvalue weighted by Crippen LogP contribution is 2.41. The number of hydrogen-bond donors (Lipinski definition) is 0. The molecule has 0 heterocycles. The minimum atomic E-state index is 0.587. The van der Waals surface area contributed by atoms with Crippen LogP contribution in [0, 0.1) is 0 Å². The molecule has 0 spiro atoms. The zero-order chi connectivity index (χ0) is 10.3. The molecular formula is C15H14. The maximum Gasteiger partial charge on any atom is 0.0101 e. The summed E-state index contributed by atoms with van der Waals surface area (Å²) in [5.74, 6) is 0.587. The molecule has 2 aliphatic rings. The second-order valence-electron chi connectivity index (χ2n) is 4.30. The molecule has 0 nitrogen and oxygen atoms in total. The van der Waals surface area contributed by atoms with Gasteiger partial charge < -0.3 is 0 Å². The molecule has 15 heavy (non-hydrogen) atoms. The Morgan fingerprint density at radius 2 is 2.07 bits per heavy atom. The van der Waals surface area contributed by atoms with Gasteiger partial charge in [-0.2, -0.15) is 0 Å². The second kappa shape index (κ2) is 3.23. The summed E-state index contributed by atoms with van der Waals surface area (Å²) in [4.78, 5) is 0. The molecule has 0 fully saturated rings. The van der Waals surface area contributed by atoms with E-state index in [2.05, 4.69) is 49.1 Å². The molecule has 0 aliphatic heterocycles. The van der Waals surface area contributed by atoms with Crippen molar-refractivity contribution in [2.75, 3.05) is 0 Å². The van der Waals surface area contributed by atoms with Crippen LogP contribution in [0.15, 0.2) is 60.2 Å². The SMILES string of the molecule is C=C1C=CC=C1C1CCc2ccccc21. The van der Waals surface area contributed by atoms with Gasteiger partial charge in [-0.25, -0.2) is 0 Å². The Kier molecular flexibility index (Phi) is 1.88. The number of fused-ring (bicyclic) bond motifs is 1. The van der Waals surface area contributed by atoms with Crippen LogP contribution in [-0.4, -0.2) is 0 Å². The lowest BCUT2D eigenvalue weighted by molar-refractivity contribution is 0.784. The van der Waals surface area contributed by atoms with E-state index < -0.39 is 0 Å². The van der Waals surface area contributed by atoms with Gasteiger partial charge in [-0.05, 0) is 35.1 Å². The van der Waals surface area contributed by atoms with Crippen molar-refractivity contribution in [2.45, 2.75) is 18.8 Å². The van der Waals surface area contributed by atoms with Crippen LogP contribution in [0.2, 0.25) is 0 Å². The highest BCUT2D eigenvalue weighted by molar-refractivity contribution is 5.54. The van der Waals surface area contributed by atoms with Crippen molar-refractivity contribution in [3.05, 3.63) is 71.3 Å². The van der Waals surface area contributed by atoms with Crippen LogP contribution in [0.25, 0.3) is 0 Å². The average molecular weight is 194 g/mol. The Labute approximate surface area is 90.6 Å². The molecule has 0 N–H and O–H groups in total. The quantitative estimate of drug-likeness (QED) is 0.638. The normalized spacial score (nSPS) is 23.1. The Morgan fingerprint density at radius 1 is 1.20 bits per heavy atom. The standard InChI is InChI=1S/C15H14/c1-11-5-4-8-13(11)15-10-9-12-6-2-3-7-14(12)15/h2-8,15H,1,9-10H2. The first-order chi connectivity index (χ1) is 7.36. The molecule has 1 aromatic carbocycles. The van der Waals surface area contributed by atoms with Crippen LogP contribution < -0.4 is 0 Å². The third kappa shape index (κ3) is 1.29. The van der Waals surface area contributed by atoms with Gasteiger partial charge in [0, 0.05) is 5.92 Å². The fraction of sp³-hybridized carbons (Fsp3) is 0.200. The summed E-state index contributed by atoms with van der Waals surface area (Å²) in [5, 5.41) is 0. The van der Waals surface area contributed by atoms with Crippen molar-refractivity contribution in [1.29, 1.82) is 0 Å². The van der Waals surface area contributed by atoms with Gasteiger partial charge in [0.15, 0.2) is 0 Å². The first-order valence-corrected chi connectivity index (χ1v) is 5.51. The second-order valence-corrected chi connectivity index (χ2v) is 4.30. The first kappa shape index (κ1) is 8.72. The number of aryl methyl sites for hydroxylation is 1. The topological polar surface area (TPSA) is 0 Å². The predicted molar refractivity (Wildman–Crippen MR) is 63.9 cm³/mol. The summed E-state index contributed by atoms with van der Waals surface area (Å²) in [6, 6.07) is 8.79. The maximum absolute atomic E-state index is 4.10. The van der Waals surface area contributed by atoms with E-state index >= 15 is 0 Å². The summed E-state index contributed by atoms with van der Waals surface area (Å²) in [5.41, 5.74) is 5.63. The Balaban J connectivity index is 2.01. The molecule has 1 atom stereocenters. The summed E-state index contributed by atoms with van der Waals surface area (Å²) in [6.07, 6.45) is 8.89. The molecule has 1 unspecified atom stereocenters. The Hall–Kier alpha value is -1.56. The monoisotopic (exact) mass is 194 g/mol. The minimum absolute atomic E-state index is 0.587. The van der Waals surface area contributed by atoms with Crippen LogP contribution in [0.4, 0.5) is 0 Å². The molecule has 0 aromatic heterocycles. The fourth-order valence-corrected chi connectivity index (χ4v) is 2.69. The summed E-state index contributed by atoms with van der Waals surface area (Å²) in [7, 11) is 0. The Morgan fingerprint density at radius 3 is 2.87 bits per heavy atom. The fourth-order valence-electron chi connectivity index (χ4n) is 2.69. The van der Waals surface area contributed by atoms with Gasteiger partial charge >= 0.3 is 0 Å². The lowest BCUT2D eigenvalue weighted by Gasteiger charge is -2.14. The van der Waals surface area contributed by atoms with Crippen LogP contribution in [0.1, 0.15) is 23.5 Å². The molecule has 1 aromatic rings. The van der Waals surface area contributed by atoms with E-state index in [0.29, 0.717) is 5.92 Å². The molecule has 2 aliphatic carbocycles. The summed E-state index contributed by atoms with van der Waals surface area (Å²) < 4.78 is 0. The van der Waals surface area contributed by atoms with Crippen LogP contribution in [-0.2, 0) is 6.42 Å². The van der Waals surface area contributed by atoms with Crippen molar-refractivity contribution in [3.63, 3.8) is 0 Å². The highest BCUT2D eigenvalue weighted by Gasteiger charge is 2.26. The molecule has 74 valence electrons. The molecule has 0 saturated carbocycles. The largest absolute Gasteiger partial charge is 0.0915 e. The third-order valence-corrected chi connectivity index (χ3v) is 3.45. The Bertz CT molecular complexity index is 475. The van der Waals surface area contributed by atoms with Crippen molar-refractivity contribution in [1.82, 2.24) is 0 Å². The van der Waals surface area contributed by atoms with Crippen molar-refractivity contribution in [2.24, 2.45) is 0 Å². The van der Waals surface area contributed by atoms with E-state index in [9.17, 15) is 0 Å². The molecule has 0 radical (unpaired) electrons. The van der Waals surface area contributed by atoms with E-state index in [1.165, 1.54) is 35.1 Å². The lowest BCUT2D eigenvalue weighted by atomic mass is 9.90. The minimum Gasteiger partial charge on any atom is -0.0915 e. The predicted octanol–water partition coefficient (Wildman–Crippen LogP) is 3.77.